The Bertz CT molecular complexity index is 710. The second-order valence-electron chi connectivity index (χ2n) is 4.75. The highest BCUT2D eigenvalue weighted by molar-refractivity contribution is 8.15. The Kier molecular flexibility index (Phi) is 3.48. The van der Waals surface area contributed by atoms with E-state index >= 15 is 0 Å². The summed E-state index contributed by atoms with van der Waals surface area (Å²) >= 11 is 7.77. The van der Waals surface area contributed by atoms with Crippen LogP contribution in [0.3, 0.4) is 0 Å². The highest BCUT2D eigenvalue weighted by Crippen LogP contribution is 2.38. The van der Waals surface area contributed by atoms with E-state index in [1.807, 2.05) is 31.3 Å². The summed E-state index contributed by atoms with van der Waals surface area (Å²) in [4.78, 5) is 19.3. The van der Waals surface area contributed by atoms with Crippen molar-refractivity contribution in [2.45, 2.75) is 18.1 Å². The number of rotatable bonds is 2. The quantitative estimate of drug-likeness (QED) is 0.895. The summed E-state index contributed by atoms with van der Waals surface area (Å²) in [7, 11) is 1.68. The van der Waals surface area contributed by atoms with Crippen molar-refractivity contribution in [2.75, 3.05) is 7.05 Å². The number of amidine groups is 1. The summed E-state index contributed by atoms with van der Waals surface area (Å²) in [5, 5.41) is 5.00. The fourth-order valence-electron chi connectivity index (χ4n) is 2.51. The molecular weight excluding hydrogens is 294 g/mol. The van der Waals surface area contributed by atoms with Crippen LogP contribution in [0.5, 0.6) is 0 Å². The average Bonchev–Trinajstić information content (AvgIpc) is 3.02. The predicted octanol–water partition coefficient (Wildman–Crippen LogP) is 3.14. The highest BCUT2D eigenvalue weighted by Gasteiger charge is 2.36. The first-order chi connectivity index (χ1) is 9.61. The van der Waals surface area contributed by atoms with E-state index in [9.17, 15) is 4.79 Å². The van der Waals surface area contributed by atoms with Gasteiger partial charge < -0.3 is 10.3 Å². The highest BCUT2D eigenvalue weighted by atomic mass is 35.5. The van der Waals surface area contributed by atoms with Crippen molar-refractivity contribution < 1.29 is 4.79 Å². The summed E-state index contributed by atoms with van der Waals surface area (Å²) in [6.07, 6.45) is 1.94. The third kappa shape index (κ3) is 2.11. The van der Waals surface area contributed by atoms with Crippen molar-refractivity contribution in [1.29, 1.82) is 0 Å². The van der Waals surface area contributed by atoms with Crippen molar-refractivity contribution in [3.05, 3.63) is 35.0 Å². The summed E-state index contributed by atoms with van der Waals surface area (Å²) < 4.78 is 0. The van der Waals surface area contributed by atoms with Crippen LogP contribution >= 0.6 is 23.4 Å². The van der Waals surface area contributed by atoms with Crippen LogP contribution in [0, 0.1) is 0 Å². The molecule has 1 aromatic heterocycles. The van der Waals surface area contributed by atoms with Gasteiger partial charge >= 0.3 is 0 Å². The minimum Gasteiger partial charge on any atom is -0.361 e. The van der Waals surface area contributed by atoms with Crippen LogP contribution in [0.4, 0.5) is 0 Å². The number of carbonyl (C=O) groups is 1. The van der Waals surface area contributed by atoms with Crippen molar-refractivity contribution in [3.63, 3.8) is 0 Å². The van der Waals surface area contributed by atoms with Gasteiger partial charge in [-0.2, -0.15) is 0 Å². The topological polar surface area (TPSA) is 57.2 Å². The summed E-state index contributed by atoms with van der Waals surface area (Å²) in [5.74, 6) is 0.0532. The molecule has 1 saturated heterocycles. The van der Waals surface area contributed by atoms with Crippen molar-refractivity contribution in [2.24, 2.45) is 4.99 Å². The first-order valence-electron chi connectivity index (χ1n) is 6.31. The van der Waals surface area contributed by atoms with Crippen LogP contribution in [-0.4, -0.2) is 28.4 Å². The maximum atomic E-state index is 12.0. The van der Waals surface area contributed by atoms with Crippen LogP contribution in [0.1, 0.15) is 18.4 Å². The van der Waals surface area contributed by atoms with Crippen LogP contribution < -0.4 is 5.32 Å². The van der Waals surface area contributed by atoms with Gasteiger partial charge in [0.25, 0.3) is 0 Å². The molecule has 104 valence electrons. The molecule has 4 nitrogen and oxygen atoms in total. The third-order valence-electron chi connectivity index (χ3n) is 3.56. The van der Waals surface area contributed by atoms with Gasteiger partial charge in [-0.1, -0.05) is 36.4 Å². The number of fused-ring (bicyclic) bond motifs is 1. The molecule has 6 heteroatoms. The molecule has 1 aliphatic heterocycles. The lowest BCUT2D eigenvalue weighted by Crippen LogP contribution is -2.27. The molecule has 20 heavy (non-hydrogen) atoms. The average molecular weight is 308 g/mol. The van der Waals surface area contributed by atoms with E-state index in [4.69, 9.17) is 11.6 Å². The zero-order chi connectivity index (χ0) is 14.3. The largest absolute Gasteiger partial charge is 0.361 e. The van der Waals surface area contributed by atoms with Crippen LogP contribution in [0.2, 0.25) is 5.02 Å². The molecule has 0 aliphatic carbocycles. The SMILES string of the molecule is CN=C1NC(=O)C(C(C)c2c[nH]c3cccc(Cl)c23)S1. The molecule has 1 aromatic carbocycles. The first kappa shape index (κ1) is 13.5. The Morgan fingerprint density at radius 1 is 1.45 bits per heavy atom. The normalized spacial score (nSPS) is 22.4. The molecule has 3 rings (SSSR count). The number of hydrogen-bond acceptors (Lipinski definition) is 3. The Labute approximate surface area is 126 Å². The minimum absolute atomic E-state index is 0.00417. The number of aliphatic imine (C=N–C) groups is 1. The number of carbonyl (C=O) groups excluding carboxylic acids is 1. The van der Waals surface area contributed by atoms with Gasteiger partial charge in [0, 0.05) is 30.1 Å². The van der Waals surface area contributed by atoms with E-state index in [0.717, 1.165) is 16.5 Å². The number of halogens is 1. The molecule has 1 aliphatic rings. The smallest absolute Gasteiger partial charge is 0.240 e. The van der Waals surface area contributed by atoms with E-state index in [0.29, 0.717) is 10.2 Å². The lowest BCUT2D eigenvalue weighted by atomic mass is 9.96. The van der Waals surface area contributed by atoms with E-state index < -0.39 is 0 Å². The standard InChI is InChI=1S/C14H14ClN3OS/c1-7(12-13(19)18-14(16-2)20-12)8-6-17-10-5-3-4-9(15)11(8)10/h3-7,12,17H,1-2H3,(H,16,18,19). The molecule has 0 saturated carbocycles. The molecule has 0 radical (unpaired) electrons. The summed E-state index contributed by atoms with van der Waals surface area (Å²) in [5.41, 5.74) is 2.06. The minimum atomic E-state index is -0.177. The molecule has 2 aromatic rings. The molecule has 2 unspecified atom stereocenters. The number of amides is 1. The van der Waals surface area contributed by atoms with Gasteiger partial charge in [0.15, 0.2) is 5.17 Å². The number of aromatic nitrogens is 1. The van der Waals surface area contributed by atoms with Crippen molar-refractivity contribution >= 4 is 45.3 Å². The van der Waals surface area contributed by atoms with Crippen LogP contribution in [0.15, 0.2) is 29.4 Å². The van der Waals surface area contributed by atoms with Crippen molar-refractivity contribution in [3.8, 4) is 0 Å². The second kappa shape index (κ2) is 5.14. The van der Waals surface area contributed by atoms with Crippen molar-refractivity contribution in [1.82, 2.24) is 10.3 Å². The van der Waals surface area contributed by atoms with Gasteiger partial charge in [-0.15, -0.1) is 0 Å². The van der Waals surface area contributed by atoms with E-state index in [1.165, 1.54) is 11.8 Å². The zero-order valence-electron chi connectivity index (χ0n) is 11.1. The Hall–Kier alpha value is -1.46. The Morgan fingerprint density at radius 3 is 2.95 bits per heavy atom. The Morgan fingerprint density at radius 2 is 2.25 bits per heavy atom. The van der Waals surface area contributed by atoms with Gasteiger partial charge in [0.05, 0.1) is 10.3 Å². The maximum Gasteiger partial charge on any atom is 0.240 e. The van der Waals surface area contributed by atoms with Gasteiger partial charge in [-0.05, 0) is 17.7 Å². The molecule has 0 spiro atoms. The predicted molar refractivity (Wildman–Crippen MR) is 84.6 cm³/mol. The van der Waals surface area contributed by atoms with Gasteiger partial charge in [-0.25, -0.2) is 0 Å². The number of benzene rings is 1. The number of nitrogens with zero attached hydrogens (tertiary/aromatic N) is 1. The fraction of sp³-hybridized carbons (Fsp3) is 0.286. The lowest BCUT2D eigenvalue weighted by Gasteiger charge is -2.15. The number of thioether (sulfide) groups is 1. The van der Waals surface area contributed by atoms with E-state index in [1.54, 1.807) is 7.05 Å². The monoisotopic (exact) mass is 307 g/mol. The molecule has 0 bridgehead atoms. The van der Waals surface area contributed by atoms with E-state index in [-0.39, 0.29) is 17.1 Å². The molecule has 2 heterocycles. The summed E-state index contributed by atoms with van der Waals surface area (Å²) in [6.45, 7) is 2.04. The first-order valence-corrected chi connectivity index (χ1v) is 7.57. The molecular formula is C14H14ClN3OS. The second-order valence-corrected chi connectivity index (χ2v) is 6.29. The number of aromatic amines is 1. The van der Waals surface area contributed by atoms with Gasteiger partial charge in [0.1, 0.15) is 0 Å². The zero-order valence-corrected chi connectivity index (χ0v) is 12.7. The van der Waals surface area contributed by atoms with Crippen LogP contribution in [0.25, 0.3) is 10.9 Å². The van der Waals surface area contributed by atoms with Gasteiger partial charge in [-0.3, -0.25) is 9.79 Å². The molecule has 2 N–H and O–H groups in total. The molecule has 1 fully saturated rings. The molecule has 1 amide bonds. The summed E-state index contributed by atoms with van der Waals surface area (Å²) in [6, 6.07) is 5.77. The van der Waals surface area contributed by atoms with Gasteiger partial charge in [0.2, 0.25) is 5.91 Å². The maximum absolute atomic E-state index is 12.0. The fourth-order valence-corrected chi connectivity index (χ4v) is 3.81. The lowest BCUT2D eigenvalue weighted by molar-refractivity contribution is -0.119. The van der Waals surface area contributed by atoms with Crippen LogP contribution in [-0.2, 0) is 4.79 Å². The number of H-pyrrole nitrogens is 1. The number of nitrogens with one attached hydrogen (secondary N) is 2. The number of hydrogen-bond donors (Lipinski definition) is 2. The third-order valence-corrected chi connectivity index (χ3v) is 5.26. The Balaban J connectivity index is 2.01. The molecule has 2 atom stereocenters. The van der Waals surface area contributed by atoms with E-state index in [2.05, 4.69) is 15.3 Å².